The highest BCUT2D eigenvalue weighted by molar-refractivity contribution is 7.89. The number of nitrogens with one attached hydrogen (secondary N) is 3. The summed E-state index contributed by atoms with van der Waals surface area (Å²) in [6.07, 6.45) is 4.31. The van der Waals surface area contributed by atoms with Gasteiger partial charge in [-0.15, -0.1) is 0 Å². The number of ether oxygens (including phenoxy) is 1. The molecule has 0 spiro atoms. The van der Waals surface area contributed by atoms with Crippen molar-refractivity contribution in [2.45, 2.75) is 25.7 Å². The summed E-state index contributed by atoms with van der Waals surface area (Å²) in [5, 5.41) is 6.24. The van der Waals surface area contributed by atoms with Gasteiger partial charge in [-0.25, -0.2) is 13.1 Å². The van der Waals surface area contributed by atoms with Gasteiger partial charge < -0.3 is 15.4 Å². The number of hydrogen-bond acceptors (Lipinski definition) is 4. The van der Waals surface area contributed by atoms with Crippen molar-refractivity contribution >= 4 is 16.0 Å². The summed E-state index contributed by atoms with van der Waals surface area (Å²) >= 11 is 0. The van der Waals surface area contributed by atoms with Crippen LogP contribution in [0.25, 0.3) is 0 Å². The summed E-state index contributed by atoms with van der Waals surface area (Å²) in [4.78, 5) is 4.12. The second kappa shape index (κ2) is 10.4. The van der Waals surface area contributed by atoms with Crippen molar-refractivity contribution in [3.63, 3.8) is 0 Å². The average Bonchev–Trinajstić information content (AvgIpc) is 2.59. The zero-order chi connectivity index (χ0) is 18.8. The largest absolute Gasteiger partial charge is 0.497 e. The molecule has 0 saturated heterocycles. The van der Waals surface area contributed by atoms with Crippen LogP contribution in [0.5, 0.6) is 5.75 Å². The van der Waals surface area contributed by atoms with Crippen molar-refractivity contribution in [1.82, 2.24) is 15.4 Å². The van der Waals surface area contributed by atoms with E-state index in [-0.39, 0.29) is 5.75 Å². The fourth-order valence-corrected chi connectivity index (χ4v) is 3.66. The zero-order valence-corrected chi connectivity index (χ0v) is 16.4. The van der Waals surface area contributed by atoms with E-state index in [0.29, 0.717) is 31.5 Å². The van der Waals surface area contributed by atoms with Crippen molar-refractivity contribution in [3.8, 4) is 5.75 Å². The van der Waals surface area contributed by atoms with Gasteiger partial charge in [0.1, 0.15) is 5.75 Å². The van der Waals surface area contributed by atoms with Gasteiger partial charge >= 0.3 is 0 Å². The summed E-state index contributed by atoms with van der Waals surface area (Å²) in [5.74, 6) is 2.00. The van der Waals surface area contributed by atoms with Gasteiger partial charge in [-0.05, 0) is 42.9 Å². The molecule has 1 aliphatic rings. The first kappa shape index (κ1) is 20.5. The summed E-state index contributed by atoms with van der Waals surface area (Å²) in [7, 11) is 0.0868. The summed E-state index contributed by atoms with van der Waals surface area (Å²) in [6.45, 7) is 1.60. The minimum absolute atomic E-state index is 0.0406. The molecule has 0 bridgehead atoms. The molecule has 7 nitrogen and oxygen atoms in total. The Bertz CT molecular complexity index is 670. The van der Waals surface area contributed by atoms with Crippen molar-refractivity contribution in [2.75, 3.05) is 39.5 Å². The van der Waals surface area contributed by atoms with Crippen LogP contribution in [0.15, 0.2) is 29.3 Å². The first-order valence-electron chi connectivity index (χ1n) is 9.07. The monoisotopic (exact) mass is 382 g/mol. The standard InChI is InChI=1S/C18H30N4O3S/c1-19-18(20-11-10-15-6-8-17(25-2)9-7-15)21-12-13-26(23,24)22-14-16-4-3-5-16/h6-9,16,22H,3-5,10-14H2,1-2H3,(H2,19,20,21). The number of nitrogens with zero attached hydrogens (tertiary/aromatic N) is 1. The molecule has 1 aromatic rings. The molecule has 3 N–H and O–H groups in total. The molecular formula is C18H30N4O3S. The second-order valence-electron chi connectivity index (χ2n) is 6.49. The molecule has 0 aromatic heterocycles. The van der Waals surface area contributed by atoms with Gasteiger partial charge in [0.15, 0.2) is 5.96 Å². The van der Waals surface area contributed by atoms with Crippen LogP contribution in [0.4, 0.5) is 0 Å². The lowest BCUT2D eigenvalue weighted by Crippen LogP contribution is -2.42. The number of aliphatic imine (C=N–C) groups is 1. The fourth-order valence-electron chi connectivity index (χ4n) is 2.66. The Morgan fingerprint density at radius 1 is 1.19 bits per heavy atom. The van der Waals surface area contributed by atoms with Crippen LogP contribution in [0.3, 0.4) is 0 Å². The number of methoxy groups -OCH3 is 1. The van der Waals surface area contributed by atoms with Crippen LogP contribution in [-0.4, -0.2) is 53.9 Å². The van der Waals surface area contributed by atoms with Crippen LogP contribution in [0.1, 0.15) is 24.8 Å². The maximum absolute atomic E-state index is 12.0. The van der Waals surface area contributed by atoms with Crippen molar-refractivity contribution < 1.29 is 13.2 Å². The van der Waals surface area contributed by atoms with Crippen LogP contribution >= 0.6 is 0 Å². The fraction of sp³-hybridized carbons (Fsp3) is 0.611. The molecule has 0 aliphatic heterocycles. The molecule has 8 heteroatoms. The van der Waals surface area contributed by atoms with E-state index < -0.39 is 10.0 Å². The third kappa shape index (κ3) is 7.21. The molecular weight excluding hydrogens is 352 g/mol. The lowest BCUT2D eigenvalue weighted by Gasteiger charge is -2.25. The molecule has 1 fully saturated rings. The number of rotatable bonds is 10. The predicted octanol–water partition coefficient (Wildman–Crippen LogP) is 1.12. The Kier molecular flexibility index (Phi) is 8.18. The van der Waals surface area contributed by atoms with E-state index in [9.17, 15) is 8.42 Å². The molecule has 0 radical (unpaired) electrons. The number of benzene rings is 1. The van der Waals surface area contributed by atoms with Crippen LogP contribution in [0.2, 0.25) is 0 Å². The SMILES string of the molecule is CN=C(NCCc1ccc(OC)cc1)NCCS(=O)(=O)NCC1CCC1. The quantitative estimate of drug-likeness (QED) is 0.417. The third-order valence-electron chi connectivity index (χ3n) is 4.57. The van der Waals surface area contributed by atoms with Crippen LogP contribution in [0, 0.1) is 5.92 Å². The third-order valence-corrected chi connectivity index (χ3v) is 5.92. The lowest BCUT2D eigenvalue weighted by atomic mass is 9.86. The van der Waals surface area contributed by atoms with Crippen LogP contribution in [-0.2, 0) is 16.4 Å². The maximum Gasteiger partial charge on any atom is 0.213 e. The number of sulfonamides is 1. The highest BCUT2D eigenvalue weighted by atomic mass is 32.2. The Hall–Kier alpha value is -1.80. The smallest absolute Gasteiger partial charge is 0.213 e. The van der Waals surface area contributed by atoms with Crippen molar-refractivity contribution in [1.29, 1.82) is 0 Å². The Balaban J connectivity index is 1.63. The van der Waals surface area contributed by atoms with E-state index in [2.05, 4.69) is 20.3 Å². The Labute approximate surface area is 156 Å². The molecule has 2 rings (SSSR count). The zero-order valence-electron chi connectivity index (χ0n) is 15.6. The van der Waals surface area contributed by atoms with Gasteiger partial charge in [-0.3, -0.25) is 4.99 Å². The first-order valence-corrected chi connectivity index (χ1v) is 10.7. The minimum atomic E-state index is -3.23. The van der Waals surface area contributed by atoms with Gasteiger partial charge in [0.25, 0.3) is 0 Å². The van der Waals surface area contributed by atoms with Gasteiger partial charge in [0.2, 0.25) is 10.0 Å². The molecule has 0 heterocycles. The normalized spacial score (nSPS) is 15.4. The summed E-state index contributed by atoms with van der Waals surface area (Å²) < 4.78 is 31.8. The van der Waals surface area contributed by atoms with E-state index in [1.54, 1.807) is 14.2 Å². The molecule has 146 valence electrons. The molecule has 0 unspecified atom stereocenters. The summed E-state index contributed by atoms with van der Waals surface area (Å²) in [5.41, 5.74) is 1.19. The molecule has 1 saturated carbocycles. The first-order chi connectivity index (χ1) is 12.5. The van der Waals surface area contributed by atoms with E-state index >= 15 is 0 Å². The molecule has 0 atom stereocenters. The summed E-state index contributed by atoms with van der Waals surface area (Å²) in [6, 6.07) is 7.92. The minimum Gasteiger partial charge on any atom is -0.497 e. The van der Waals surface area contributed by atoms with Gasteiger partial charge in [-0.2, -0.15) is 0 Å². The molecule has 0 amide bonds. The van der Waals surface area contributed by atoms with Gasteiger partial charge in [0, 0.05) is 26.7 Å². The number of guanidine groups is 1. The van der Waals surface area contributed by atoms with E-state index in [1.165, 1.54) is 12.0 Å². The lowest BCUT2D eigenvalue weighted by molar-refractivity contribution is 0.316. The van der Waals surface area contributed by atoms with Gasteiger partial charge in [0.05, 0.1) is 12.9 Å². The van der Waals surface area contributed by atoms with Gasteiger partial charge in [-0.1, -0.05) is 18.6 Å². The molecule has 1 aliphatic carbocycles. The van der Waals surface area contributed by atoms with Crippen molar-refractivity contribution in [3.05, 3.63) is 29.8 Å². The van der Waals surface area contributed by atoms with E-state index in [0.717, 1.165) is 25.0 Å². The molecule has 1 aromatic carbocycles. The highest BCUT2D eigenvalue weighted by Crippen LogP contribution is 2.25. The average molecular weight is 383 g/mol. The highest BCUT2D eigenvalue weighted by Gasteiger charge is 2.19. The Morgan fingerprint density at radius 2 is 1.88 bits per heavy atom. The van der Waals surface area contributed by atoms with E-state index in [4.69, 9.17) is 4.74 Å². The van der Waals surface area contributed by atoms with Crippen LogP contribution < -0.4 is 20.1 Å². The number of hydrogen-bond donors (Lipinski definition) is 3. The molecule has 26 heavy (non-hydrogen) atoms. The second-order valence-corrected chi connectivity index (χ2v) is 8.41. The maximum atomic E-state index is 12.0. The predicted molar refractivity (Wildman–Crippen MR) is 105 cm³/mol. The Morgan fingerprint density at radius 3 is 2.46 bits per heavy atom. The van der Waals surface area contributed by atoms with Crippen molar-refractivity contribution in [2.24, 2.45) is 10.9 Å². The van der Waals surface area contributed by atoms with E-state index in [1.807, 2.05) is 24.3 Å². The topological polar surface area (TPSA) is 91.8 Å².